The van der Waals surface area contributed by atoms with Gasteiger partial charge in [0.25, 0.3) is 0 Å². The zero-order chi connectivity index (χ0) is 18.5. The Morgan fingerprint density at radius 3 is 2.38 bits per heavy atom. The molecule has 0 heterocycles. The van der Waals surface area contributed by atoms with Crippen LogP contribution in [0.2, 0.25) is 0 Å². The Kier molecular flexibility index (Phi) is 6.38. The Morgan fingerprint density at radius 2 is 1.62 bits per heavy atom. The molecule has 0 aliphatic heterocycles. The summed E-state index contributed by atoms with van der Waals surface area (Å²) < 4.78 is 8.20. The molecule has 0 saturated heterocycles. The number of halogens is 2. The van der Waals surface area contributed by atoms with Gasteiger partial charge in [0.15, 0.2) is 0 Å². The summed E-state index contributed by atoms with van der Waals surface area (Å²) in [4.78, 5) is 0. The zero-order valence-corrected chi connectivity index (χ0v) is 18.0. The van der Waals surface area contributed by atoms with Crippen molar-refractivity contribution in [1.82, 2.24) is 0 Å². The van der Waals surface area contributed by atoms with Gasteiger partial charge in [0.2, 0.25) is 0 Å². The molecule has 0 saturated carbocycles. The number of ether oxygens (including phenoxy) is 1. The van der Waals surface area contributed by atoms with Crippen molar-refractivity contribution in [2.24, 2.45) is 0 Å². The van der Waals surface area contributed by atoms with Crippen molar-refractivity contribution in [2.75, 3.05) is 5.32 Å². The molecule has 134 valence electrons. The van der Waals surface area contributed by atoms with Crippen molar-refractivity contribution in [2.45, 2.75) is 27.0 Å². The van der Waals surface area contributed by atoms with E-state index in [9.17, 15) is 0 Å². The number of anilines is 1. The van der Waals surface area contributed by atoms with E-state index in [1.54, 1.807) is 0 Å². The van der Waals surface area contributed by atoms with E-state index in [0.717, 1.165) is 31.5 Å². The molecular weight excluding hydrogens is 454 g/mol. The SMILES string of the molecule is Cc1cccc(NCc2cc(Br)ccc2OCc2ccc(Br)cc2)c1C. The predicted octanol–water partition coefficient (Wildman–Crippen LogP) is 7.02. The van der Waals surface area contributed by atoms with Crippen LogP contribution in [0.4, 0.5) is 5.69 Å². The molecular formula is C22H21Br2NO. The van der Waals surface area contributed by atoms with Crippen molar-refractivity contribution in [1.29, 1.82) is 0 Å². The van der Waals surface area contributed by atoms with Crippen LogP contribution in [0.25, 0.3) is 0 Å². The summed E-state index contributed by atoms with van der Waals surface area (Å²) >= 11 is 7.02. The topological polar surface area (TPSA) is 21.3 Å². The van der Waals surface area contributed by atoms with E-state index >= 15 is 0 Å². The summed E-state index contributed by atoms with van der Waals surface area (Å²) in [6.07, 6.45) is 0. The molecule has 0 spiro atoms. The lowest BCUT2D eigenvalue weighted by molar-refractivity contribution is 0.303. The van der Waals surface area contributed by atoms with Crippen molar-refractivity contribution in [3.8, 4) is 5.75 Å². The molecule has 0 aliphatic carbocycles. The first-order valence-electron chi connectivity index (χ1n) is 8.48. The molecule has 0 aliphatic rings. The van der Waals surface area contributed by atoms with E-state index in [1.165, 1.54) is 11.1 Å². The Labute approximate surface area is 171 Å². The Hall–Kier alpha value is -1.78. The molecule has 3 aromatic carbocycles. The van der Waals surface area contributed by atoms with Crippen LogP contribution in [0.3, 0.4) is 0 Å². The van der Waals surface area contributed by atoms with E-state index in [1.807, 2.05) is 24.3 Å². The Balaban J connectivity index is 1.73. The largest absolute Gasteiger partial charge is 0.489 e. The number of nitrogens with one attached hydrogen (secondary N) is 1. The molecule has 0 aromatic heterocycles. The molecule has 0 atom stereocenters. The van der Waals surface area contributed by atoms with Crippen LogP contribution in [0.5, 0.6) is 5.75 Å². The lowest BCUT2D eigenvalue weighted by Gasteiger charge is -2.15. The molecule has 0 fully saturated rings. The second kappa shape index (κ2) is 8.74. The summed E-state index contributed by atoms with van der Waals surface area (Å²) in [6, 6.07) is 20.7. The van der Waals surface area contributed by atoms with Crippen molar-refractivity contribution >= 4 is 37.5 Å². The van der Waals surface area contributed by atoms with Crippen LogP contribution in [-0.4, -0.2) is 0 Å². The van der Waals surface area contributed by atoms with Gasteiger partial charge in [0, 0.05) is 26.7 Å². The Bertz CT molecular complexity index is 891. The highest BCUT2D eigenvalue weighted by atomic mass is 79.9. The van der Waals surface area contributed by atoms with Crippen LogP contribution in [0.15, 0.2) is 69.6 Å². The van der Waals surface area contributed by atoms with Gasteiger partial charge < -0.3 is 10.1 Å². The van der Waals surface area contributed by atoms with Gasteiger partial charge in [0.05, 0.1) is 0 Å². The van der Waals surface area contributed by atoms with E-state index < -0.39 is 0 Å². The molecule has 4 heteroatoms. The molecule has 0 bridgehead atoms. The molecule has 3 rings (SSSR count). The van der Waals surface area contributed by atoms with Gasteiger partial charge in [-0.15, -0.1) is 0 Å². The van der Waals surface area contributed by atoms with Crippen LogP contribution < -0.4 is 10.1 Å². The van der Waals surface area contributed by atoms with Crippen LogP contribution in [0, 0.1) is 13.8 Å². The number of benzene rings is 3. The summed E-state index contributed by atoms with van der Waals surface area (Å²) in [6.45, 7) is 5.53. The van der Waals surface area contributed by atoms with Crippen LogP contribution in [0.1, 0.15) is 22.3 Å². The highest BCUT2D eigenvalue weighted by Gasteiger charge is 2.07. The fourth-order valence-electron chi connectivity index (χ4n) is 2.70. The van der Waals surface area contributed by atoms with E-state index in [4.69, 9.17) is 4.74 Å². The van der Waals surface area contributed by atoms with E-state index in [0.29, 0.717) is 13.2 Å². The lowest BCUT2D eigenvalue weighted by atomic mass is 10.1. The maximum absolute atomic E-state index is 6.08. The standard InChI is InChI=1S/C22H21Br2NO/c1-15-4-3-5-21(16(15)2)25-13-18-12-20(24)10-11-22(18)26-14-17-6-8-19(23)9-7-17/h3-12,25H,13-14H2,1-2H3. The normalized spacial score (nSPS) is 10.6. The van der Waals surface area contributed by atoms with Crippen molar-refractivity contribution < 1.29 is 4.74 Å². The molecule has 0 amide bonds. The minimum Gasteiger partial charge on any atom is -0.489 e. The summed E-state index contributed by atoms with van der Waals surface area (Å²) in [5.41, 5.74) is 5.99. The molecule has 0 radical (unpaired) electrons. The third-order valence-corrected chi connectivity index (χ3v) is 5.43. The average Bonchev–Trinajstić information content (AvgIpc) is 2.63. The molecule has 1 N–H and O–H groups in total. The van der Waals surface area contributed by atoms with Crippen molar-refractivity contribution in [3.05, 3.63) is 91.9 Å². The first-order chi connectivity index (χ1) is 12.5. The maximum atomic E-state index is 6.08. The summed E-state index contributed by atoms with van der Waals surface area (Å²) in [7, 11) is 0. The predicted molar refractivity (Wildman–Crippen MR) is 116 cm³/mol. The first-order valence-corrected chi connectivity index (χ1v) is 10.1. The second-order valence-corrected chi connectivity index (χ2v) is 8.10. The zero-order valence-electron chi connectivity index (χ0n) is 14.9. The minimum absolute atomic E-state index is 0.547. The van der Waals surface area contributed by atoms with Gasteiger partial charge in [-0.2, -0.15) is 0 Å². The quantitative estimate of drug-likeness (QED) is 0.414. The minimum atomic E-state index is 0.547. The fourth-order valence-corrected chi connectivity index (χ4v) is 3.37. The number of aryl methyl sites for hydroxylation is 1. The number of rotatable bonds is 6. The van der Waals surface area contributed by atoms with Crippen LogP contribution >= 0.6 is 31.9 Å². The summed E-state index contributed by atoms with van der Waals surface area (Å²) in [5.74, 6) is 0.897. The van der Waals surface area contributed by atoms with Gasteiger partial charge in [0.1, 0.15) is 12.4 Å². The number of hydrogen-bond donors (Lipinski definition) is 1. The average molecular weight is 475 g/mol. The molecule has 0 unspecified atom stereocenters. The Morgan fingerprint density at radius 1 is 0.885 bits per heavy atom. The monoisotopic (exact) mass is 473 g/mol. The highest BCUT2D eigenvalue weighted by molar-refractivity contribution is 9.10. The molecule has 2 nitrogen and oxygen atoms in total. The number of hydrogen-bond acceptors (Lipinski definition) is 2. The first kappa shape index (κ1) is 19.0. The van der Waals surface area contributed by atoms with E-state index in [2.05, 4.69) is 87.4 Å². The third-order valence-electron chi connectivity index (χ3n) is 4.40. The molecule has 26 heavy (non-hydrogen) atoms. The molecule has 3 aromatic rings. The van der Waals surface area contributed by atoms with Gasteiger partial charge in [-0.1, -0.05) is 56.1 Å². The smallest absolute Gasteiger partial charge is 0.124 e. The van der Waals surface area contributed by atoms with Gasteiger partial charge in [-0.3, -0.25) is 0 Å². The lowest BCUT2D eigenvalue weighted by Crippen LogP contribution is -2.05. The van der Waals surface area contributed by atoms with Gasteiger partial charge >= 0.3 is 0 Å². The van der Waals surface area contributed by atoms with Crippen LogP contribution in [-0.2, 0) is 13.2 Å². The van der Waals surface area contributed by atoms with Gasteiger partial charge in [-0.25, -0.2) is 0 Å². The maximum Gasteiger partial charge on any atom is 0.124 e. The van der Waals surface area contributed by atoms with Crippen molar-refractivity contribution in [3.63, 3.8) is 0 Å². The van der Waals surface area contributed by atoms with E-state index in [-0.39, 0.29) is 0 Å². The second-order valence-electron chi connectivity index (χ2n) is 6.27. The fraction of sp³-hybridized carbons (Fsp3) is 0.182. The third kappa shape index (κ3) is 4.89. The van der Waals surface area contributed by atoms with Gasteiger partial charge in [-0.05, 0) is 66.9 Å². The summed E-state index contributed by atoms with van der Waals surface area (Å²) in [5, 5.41) is 3.54. The highest BCUT2D eigenvalue weighted by Crippen LogP contribution is 2.26.